The zero-order valence-electron chi connectivity index (χ0n) is 7.67. The molecule has 0 heterocycles. The standard InChI is InChI=1S/C7H14N2O5/c1-3(11)5(8)6(12)9-4(2-10)7(13)14/h3-5,10-11H,2,8H2,1H3,(H,9,12)(H,13,14)/t3?,4-,5-/m1/s1. The Bertz CT molecular complexity index is 218. The van der Waals surface area contributed by atoms with E-state index >= 15 is 0 Å². The smallest absolute Gasteiger partial charge is 0.328 e. The number of rotatable bonds is 5. The van der Waals surface area contributed by atoms with Crippen molar-refractivity contribution in [2.24, 2.45) is 5.73 Å². The summed E-state index contributed by atoms with van der Waals surface area (Å²) in [6.07, 6.45) is -1.08. The molecule has 82 valence electrons. The molecular weight excluding hydrogens is 192 g/mol. The fourth-order valence-corrected chi connectivity index (χ4v) is 0.672. The predicted octanol–water partition coefficient (Wildman–Crippen LogP) is -2.74. The second kappa shape index (κ2) is 5.53. The molecule has 0 fully saturated rings. The maximum absolute atomic E-state index is 11.1. The zero-order valence-corrected chi connectivity index (χ0v) is 7.67. The highest BCUT2D eigenvalue weighted by molar-refractivity contribution is 5.87. The molecule has 0 aromatic carbocycles. The number of carbonyl (C=O) groups is 2. The highest BCUT2D eigenvalue weighted by atomic mass is 16.4. The van der Waals surface area contributed by atoms with Crippen molar-refractivity contribution in [2.75, 3.05) is 6.61 Å². The number of aliphatic hydroxyl groups excluding tert-OH is 2. The van der Waals surface area contributed by atoms with E-state index in [-0.39, 0.29) is 0 Å². The molecule has 0 aromatic heterocycles. The van der Waals surface area contributed by atoms with E-state index in [4.69, 9.17) is 21.1 Å². The summed E-state index contributed by atoms with van der Waals surface area (Å²) in [6.45, 7) is 0.576. The van der Waals surface area contributed by atoms with Gasteiger partial charge in [-0.05, 0) is 6.92 Å². The highest BCUT2D eigenvalue weighted by Crippen LogP contribution is 1.91. The zero-order chi connectivity index (χ0) is 11.3. The molecule has 0 aliphatic carbocycles. The summed E-state index contributed by atoms with van der Waals surface area (Å²) in [5.41, 5.74) is 5.23. The maximum atomic E-state index is 11.1. The molecule has 0 aromatic rings. The lowest BCUT2D eigenvalue weighted by atomic mass is 10.1. The van der Waals surface area contributed by atoms with Crippen molar-refractivity contribution in [1.82, 2.24) is 5.32 Å². The van der Waals surface area contributed by atoms with Crippen LogP contribution in [-0.2, 0) is 9.59 Å². The molecule has 1 amide bonds. The SMILES string of the molecule is CC(O)[C@@H](N)C(=O)N[C@H](CO)C(=O)O. The summed E-state index contributed by atoms with van der Waals surface area (Å²) < 4.78 is 0. The molecule has 1 unspecified atom stereocenters. The van der Waals surface area contributed by atoms with Crippen LogP contribution in [0.2, 0.25) is 0 Å². The van der Waals surface area contributed by atoms with Crippen LogP contribution in [0.15, 0.2) is 0 Å². The third kappa shape index (κ3) is 3.69. The molecule has 14 heavy (non-hydrogen) atoms. The van der Waals surface area contributed by atoms with E-state index in [0.29, 0.717) is 0 Å². The number of aliphatic hydroxyl groups is 2. The molecule has 0 saturated carbocycles. The van der Waals surface area contributed by atoms with Crippen molar-refractivity contribution in [3.8, 4) is 0 Å². The van der Waals surface area contributed by atoms with E-state index in [1.807, 2.05) is 5.32 Å². The first kappa shape index (κ1) is 12.8. The van der Waals surface area contributed by atoms with Crippen molar-refractivity contribution in [1.29, 1.82) is 0 Å². The molecule has 6 N–H and O–H groups in total. The van der Waals surface area contributed by atoms with Crippen molar-refractivity contribution in [3.05, 3.63) is 0 Å². The topological polar surface area (TPSA) is 133 Å². The minimum absolute atomic E-state index is 0.729. The van der Waals surface area contributed by atoms with Gasteiger partial charge in [0.05, 0.1) is 12.7 Å². The Kier molecular flexibility index (Phi) is 5.06. The Morgan fingerprint density at radius 3 is 2.29 bits per heavy atom. The first-order valence-electron chi connectivity index (χ1n) is 3.97. The molecule has 0 aliphatic rings. The van der Waals surface area contributed by atoms with Crippen LogP contribution in [0.25, 0.3) is 0 Å². The van der Waals surface area contributed by atoms with E-state index in [1.165, 1.54) is 6.92 Å². The van der Waals surface area contributed by atoms with E-state index in [1.54, 1.807) is 0 Å². The summed E-state index contributed by atoms with van der Waals surface area (Å²) in [7, 11) is 0. The van der Waals surface area contributed by atoms with Gasteiger partial charge in [0.25, 0.3) is 0 Å². The lowest BCUT2D eigenvalue weighted by Gasteiger charge is -2.17. The van der Waals surface area contributed by atoms with E-state index in [0.717, 1.165) is 0 Å². The highest BCUT2D eigenvalue weighted by Gasteiger charge is 2.24. The molecule has 0 aliphatic heterocycles. The van der Waals surface area contributed by atoms with Crippen LogP contribution in [-0.4, -0.2) is 52.0 Å². The quantitative estimate of drug-likeness (QED) is 0.331. The van der Waals surface area contributed by atoms with Crippen molar-refractivity contribution in [3.63, 3.8) is 0 Å². The van der Waals surface area contributed by atoms with Gasteiger partial charge in [-0.3, -0.25) is 4.79 Å². The summed E-state index contributed by atoms with van der Waals surface area (Å²) in [5, 5.41) is 27.9. The molecule has 0 rings (SSSR count). The second-order valence-electron chi connectivity index (χ2n) is 2.85. The van der Waals surface area contributed by atoms with Crippen molar-refractivity contribution in [2.45, 2.75) is 25.1 Å². The van der Waals surface area contributed by atoms with Gasteiger partial charge in [0.2, 0.25) is 5.91 Å². The van der Waals surface area contributed by atoms with Gasteiger partial charge >= 0.3 is 5.97 Å². The summed E-state index contributed by atoms with van der Waals surface area (Å²) in [6, 6.07) is -2.60. The van der Waals surface area contributed by atoms with Gasteiger partial charge in [-0.15, -0.1) is 0 Å². The van der Waals surface area contributed by atoms with Crippen LogP contribution in [0.4, 0.5) is 0 Å². The Labute approximate surface area is 80.5 Å². The molecule has 0 bridgehead atoms. The van der Waals surface area contributed by atoms with Crippen LogP contribution >= 0.6 is 0 Å². The van der Waals surface area contributed by atoms with Crippen LogP contribution in [0.3, 0.4) is 0 Å². The molecule has 7 heteroatoms. The number of hydrogen-bond acceptors (Lipinski definition) is 5. The van der Waals surface area contributed by atoms with Gasteiger partial charge in [-0.2, -0.15) is 0 Å². The molecular formula is C7H14N2O5. The fourth-order valence-electron chi connectivity index (χ4n) is 0.672. The Hall–Kier alpha value is -1.18. The normalized spacial score (nSPS) is 16.9. The summed E-state index contributed by atoms with van der Waals surface area (Å²) in [5.74, 6) is -2.18. The van der Waals surface area contributed by atoms with Gasteiger partial charge in [-0.25, -0.2) is 4.79 Å². The third-order valence-electron chi connectivity index (χ3n) is 1.62. The van der Waals surface area contributed by atoms with Gasteiger partial charge in [0.15, 0.2) is 0 Å². The average Bonchev–Trinajstić information content (AvgIpc) is 2.11. The van der Waals surface area contributed by atoms with Crippen LogP contribution in [0.5, 0.6) is 0 Å². The number of carboxylic acid groups (broad SMARTS) is 1. The first-order valence-corrected chi connectivity index (χ1v) is 3.97. The monoisotopic (exact) mass is 206 g/mol. The summed E-state index contributed by atoms with van der Waals surface area (Å²) in [4.78, 5) is 21.5. The number of nitrogens with two attached hydrogens (primary N) is 1. The number of nitrogens with one attached hydrogen (secondary N) is 1. The number of carbonyl (C=O) groups excluding carboxylic acids is 1. The number of carboxylic acids is 1. The van der Waals surface area contributed by atoms with Gasteiger partial charge < -0.3 is 26.4 Å². The van der Waals surface area contributed by atoms with Gasteiger partial charge in [0.1, 0.15) is 12.1 Å². The molecule has 0 spiro atoms. The lowest BCUT2D eigenvalue weighted by Crippen LogP contribution is -2.53. The molecule has 0 radical (unpaired) electrons. The van der Waals surface area contributed by atoms with Crippen molar-refractivity contribution >= 4 is 11.9 Å². The summed E-state index contributed by atoms with van der Waals surface area (Å²) >= 11 is 0. The van der Waals surface area contributed by atoms with E-state index in [2.05, 4.69) is 0 Å². The molecule has 7 nitrogen and oxygen atoms in total. The number of aliphatic carboxylic acids is 1. The Morgan fingerprint density at radius 2 is 2.00 bits per heavy atom. The molecule has 0 saturated heterocycles. The third-order valence-corrected chi connectivity index (χ3v) is 1.62. The first-order chi connectivity index (χ1) is 6.40. The fraction of sp³-hybridized carbons (Fsp3) is 0.714. The molecule has 3 atom stereocenters. The average molecular weight is 206 g/mol. The minimum atomic E-state index is -1.40. The van der Waals surface area contributed by atoms with Crippen LogP contribution in [0, 0.1) is 0 Å². The van der Waals surface area contributed by atoms with Crippen molar-refractivity contribution < 1.29 is 24.9 Å². The number of amides is 1. The lowest BCUT2D eigenvalue weighted by molar-refractivity contribution is -0.143. The maximum Gasteiger partial charge on any atom is 0.328 e. The van der Waals surface area contributed by atoms with E-state index < -0.39 is 36.7 Å². The largest absolute Gasteiger partial charge is 0.480 e. The van der Waals surface area contributed by atoms with Crippen LogP contribution < -0.4 is 11.1 Å². The van der Waals surface area contributed by atoms with Gasteiger partial charge in [0, 0.05) is 0 Å². The Balaban J connectivity index is 4.22. The number of hydrogen-bond donors (Lipinski definition) is 5. The van der Waals surface area contributed by atoms with Crippen LogP contribution in [0.1, 0.15) is 6.92 Å². The predicted molar refractivity (Wildman–Crippen MR) is 46.3 cm³/mol. The van der Waals surface area contributed by atoms with Gasteiger partial charge in [-0.1, -0.05) is 0 Å². The minimum Gasteiger partial charge on any atom is -0.480 e. The Morgan fingerprint density at radius 1 is 1.50 bits per heavy atom. The second-order valence-corrected chi connectivity index (χ2v) is 2.85. The van der Waals surface area contributed by atoms with E-state index in [9.17, 15) is 9.59 Å².